The zero-order valence-corrected chi connectivity index (χ0v) is 12.3. The van der Waals surface area contributed by atoms with Gasteiger partial charge in [0, 0.05) is 5.56 Å². The lowest BCUT2D eigenvalue weighted by Crippen LogP contribution is -2.41. The number of Topliss-reactive ketones (excluding diaryl/α,β-unsaturated/α-hetero) is 1. The first kappa shape index (κ1) is 15.4. The quantitative estimate of drug-likeness (QED) is 0.667. The Balaban J connectivity index is 2.39. The molecule has 0 bridgehead atoms. The van der Waals surface area contributed by atoms with Crippen LogP contribution in [-0.4, -0.2) is 31.1 Å². The van der Waals surface area contributed by atoms with Crippen molar-refractivity contribution in [2.45, 2.75) is 32.1 Å². The Bertz CT molecular complexity index is 544. The minimum Gasteiger partial charge on any atom is -0.493 e. The molecule has 1 aliphatic rings. The number of ether oxygens (including phenoxy) is 2. The summed E-state index contributed by atoms with van der Waals surface area (Å²) in [5.74, 6) is -0.417. The van der Waals surface area contributed by atoms with Crippen molar-refractivity contribution in [1.29, 1.82) is 0 Å². The molecule has 1 aromatic carbocycles. The third kappa shape index (κ3) is 2.73. The monoisotopic (exact) mass is 292 g/mol. The summed E-state index contributed by atoms with van der Waals surface area (Å²) in [6.45, 7) is 0. The van der Waals surface area contributed by atoms with Crippen molar-refractivity contribution in [1.82, 2.24) is 0 Å². The molecule has 0 heterocycles. The molecular formula is C16H20O5. The van der Waals surface area contributed by atoms with Crippen molar-refractivity contribution in [2.24, 2.45) is 5.41 Å². The molecule has 0 aromatic heterocycles. The van der Waals surface area contributed by atoms with Gasteiger partial charge in [-0.05, 0) is 31.0 Å². The van der Waals surface area contributed by atoms with E-state index in [1.54, 1.807) is 18.2 Å². The highest BCUT2D eigenvalue weighted by molar-refractivity contribution is 6.12. The van der Waals surface area contributed by atoms with Gasteiger partial charge in [0.25, 0.3) is 0 Å². The first-order chi connectivity index (χ1) is 10.0. The Morgan fingerprint density at radius 3 is 2.19 bits per heavy atom. The van der Waals surface area contributed by atoms with E-state index < -0.39 is 11.4 Å². The molecule has 1 N–H and O–H groups in total. The van der Waals surface area contributed by atoms with Gasteiger partial charge in [0.05, 0.1) is 14.2 Å². The molecule has 1 saturated carbocycles. The minimum atomic E-state index is -1.29. The largest absolute Gasteiger partial charge is 0.493 e. The maximum Gasteiger partial charge on any atom is 0.317 e. The van der Waals surface area contributed by atoms with Crippen molar-refractivity contribution >= 4 is 11.8 Å². The Kier molecular flexibility index (Phi) is 4.50. The van der Waals surface area contributed by atoms with Crippen LogP contribution in [0.2, 0.25) is 0 Å². The molecule has 0 unspecified atom stereocenters. The van der Waals surface area contributed by atoms with E-state index >= 15 is 0 Å². The maximum absolute atomic E-state index is 12.8. The van der Waals surface area contributed by atoms with Crippen LogP contribution < -0.4 is 9.47 Å². The van der Waals surface area contributed by atoms with Gasteiger partial charge < -0.3 is 14.6 Å². The van der Waals surface area contributed by atoms with Gasteiger partial charge in [0.15, 0.2) is 17.3 Å². The molecule has 5 nitrogen and oxygen atoms in total. The number of carbonyl (C=O) groups is 2. The standard InChI is InChI=1S/C16H20O5/c1-20-12-7-6-11(10-13(12)21-2)14(17)16(15(18)19)8-4-3-5-9-16/h6-7,10H,3-5,8-9H2,1-2H3,(H,18,19). The van der Waals surface area contributed by atoms with E-state index in [-0.39, 0.29) is 5.78 Å². The number of hydrogen-bond acceptors (Lipinski definition) is 4. The second-order valence-electron chi connectivity index (χ2n) is 5.35. The highest BCUT2D eigenvalue weighted by Crippen LogP contribution is 2.40. The number of carboxylic acids is 1. The molecule has 2 rings (SSSR count). The lowest BCUT2D eigenvalue weighted by molar-refractivity contribution is -0.147. The Labute approximate surface area is 123 Å². The first-order valence-electron chi connectivity index (χ1n) is 7.05. The predicted octanol–water partition coefficient (Wildman–Crippen LogP) is 2.92. The van der Waals surface area contributed by atoms with Crippen LogP contribution in [0.5, 0.6) is 11.5 Å². The summed E-state index contributed by atoms with van der Waals surface area (Å²) in [6, 6.07) is 4.79. The minimum absolute atomic E-state index is 0.337. The second kappa shape index (κ2) is 6.16. The van der Waals surface area contributed by atoms with Gasteiger partial charge in [0.2, 0.25) is 0 Å². The van der Waals surface area contributed by atoms with Crippen LogP contribution >= 0.6 is 0 Å². The first-order valence-corrected chi connectivity index (χ1v) is 7.05. The van der Waals surface area contributed by atoms with Gasteiger partial charge in [-0.25, -0.2) is 0 Å². The molecule has 0 spiro atoms. The van der Waals surface area contributed by atoms with E-state index in [0.29, 0.717) is 29.9 Å². The number of rotatable bonds is 5. The van der Waals surface area contributed by atoms with Crippen LogP contribution in [0.4, 0.5) is 0 Å². The van der Waals surface area contributed by atoms with Gasteiger partial charge in [-0.2, -0.15) is 0 Å². The van der Waals surface area contributed by atoms with Crippen molar-refractivity contribution in [3.63, 3.8) is 0 Å². The van der Waals surface area contributed by atoms with Gasteiger partial charge >= 0.3 is 5.97 Å². The molecule has 0 aliphatic heterocycles. The molecule has 0 atom stereocenters. The lowest BCUT2D eigenvalue weighted by atomic mass is 9.69. The fourth-order valence-corrected chi connectivity index (χ4v) is 2.95. The molecule has 21 heavy (non-hydrogen) atoms. The van der Waals surface area contributed by atoms with Crippen molar-refractivity contribution in [2.75, 3.05) is 14.2 Å². The summed E-state index contributed by atoms with van der Waals surface area (Å²) >= 11 is 0. The SMILES string of the molecule is COc1ccc(C(=O)C2(C(=O)O)CCCCC2)cc1OC. The molecule has 1 aromatic rings. The molecule has 0 amide bonds. The lowest BCUT2D eigenvalue weighted by Gasteiger charge is -2.31. The van der Waals surface area contributed by atoms with Crippen LogP contribution in [0.15, 0.2) is 18.2 Å². The van der Waals surface area contributed by atoms with E-state index in [2.05, 4.69) is 0 Å². The summed E-state index contributed by atoms with van der Waals surface area (Å²) in [5, 5.41) is 9.57. The van der Waals surface area contributed by atoms with Crippen LogP contribution in [0.1, 0.15) is 42.5 Å². The second-order valence-corrected chi connectivity index (χ2v) is 5.35. The van der Waals surface area contributed by atoms with Gasteiger partial charge in [-0.1, -0.05) is 19.3 Å². The number of ketones is 1. The number of methoxy groups -OCH3 is 2. The zero-order chi connectivity index (χ0) is 15.5. The smallest absolute Gasteiger partial charge is 0.317 e. The third-order valence-electron chi connectivity index (χ3n) is 4.20. The van der Waals surface area contributed by atoms with Crippen molar-refractivity contribution < 1.29 is 24.2 Å². The summed E-state index contributed by atoms with van der Waals surface area (Å²) in [4.78, 5) is 24.4. The molecule has 5 heteroatoms. The van der Waals surface area contributed by atoms with Crippen molar-refractivity contribution in [3.8, 4) is 11.5 Å². The fraction of sp³-hybridized carbons (Fsp3) is 0.500. The average molecular weight is 292 g/mol. The third-order valence-corrected chi connectivity index (χ3v) is 4.20. The van der Waals surface area contributed by atoms with E-state index in [9.17, 15) is 14.7 Å². The van der Waals surface area contributed by atoms with Crippen LogP contribution in [-0.2, 0) is 4.79 Å². The number of carboxylic acid groups (broad SMARTS) is 1. The maximum atomic E-state index is 12.8. The summed E-state index contributed by atoms with van der Waals surface area (Å²) in [7, 11) is 3.00. The number of carbonyl (C=O) groups excluding carboxylic acids is 1. The van der Waals surface area contributed by atoms with E-state index in [1.165, 1.54) is 14.2 Å². The number of benzene rings is 1. The fourth-order valence-electron chi connectivity index (χ4n) is 2.95. The highest BCUT2D eigenvalue weighted by atomic mass is 16.5. The Morgan fingerprint density at radius 2 is 1.67 bits per heavy atom. The van der Waals surface area contributed by atoms with E-state index in [4.69, 9.17) is 9.47 Å². The zero-order valence-electron chi connectivity index (χ0n) is 12.3. The van der Waals surface area contributed by atoms with Crippen LogP contribution in [0.3, 0.4) is 0 Å². The average Bonchev–Trinajstić information content (AvgIpc) is 2.53. The number of hydrogen-bond donors (Lipinski definition) is 1. The molecule has 1 aliphatic carbocycles. The Hall–Kier alpha value is -2.04. The van der Waals surface area contributed by atoms with E-state index in [1.807, 2.05) is 0 Å². The molecule has 0 radical (unpaired) electrons. The summed E-state index contributed by atoms with van der Waals surface area (Å²) in [6.07, 6.45) is 3.32. The van der Waals surface area contributed by atoms with Gasteiger partial charge in [0.1, 0.15) is 5.41 Å². The predicted molar refractivity (Wildman–Crippen MR) is 77.0 cm³/mol. The Morgan fingerprint density at radius 1 is 1.05 bits per heavy atom. The molecule has 1 fully saturated rings. The normalized spacial score (nSPS) is 17.0. The molecular weight excluding hydrogens is 272 g/mol. The van der Waals surface area contributed by atoms with Crippen molar-refractivity contribution in [3.05, 3.63) is 23.8 Å². The number of aliphatic carboxylic acids is 1. The van der Waals surface area contributed by atoms with Crippen LogP contribution in [0.25, 0.3) is 0 Å². The summed E-state index contributed by atoms with van der Waals surface area (Å²) < 4.78 is 10.3. The highest BCUT2D eigenvalue weighted by Gasteiger charge is 2.46. The molecule has 114 valence electrons. The van der Waals surface area contributed by atoms with Gasteiger partial charge in [-0.3, -0.25) is 9.59 Å². The summed E-state index contributed by atoms with van der Waals surface area (Å²) in [5.41, 5.74) is -0.936. The van der Waals surface area contributed by atoms with Crippen LogP contribution in [0, 0.1) is 5.41 Å². The van der Waals surface area contributed by atoms with E-state index in [0.717, 1.165) is 19.3 Å². The van der Waals surface area contributed by atoms with Gasteiger partial charge in [-0.15, -0.1) is 0 Å². The molecule has 0 saturated heterocycles. The topological polar surface area (TPSA) is 72.8 Å².